The van der Waals surface area contributed by atoms with E-state index in [1.807, 2.05) is 77.7 Å². The van der Waals surface area contributed by atoms with Gasteiger partial charge in [-0.2, -0.15) is 4.98 Å². The third kappa shape index (κ3) is 6.48. The van der Waals surface area contributed by atoms with E-state index in [1.54, 1.807) is 13.0 Å². The van der Waals surface area contributed by atoms with Gasteiger partial charge < -0.3 is 19.2 Å². The predicted octanol–water partition coefficient (Wildman–Crippen LogP) is 5.27. The summed E-state index contributed by atoms with van der Waals surface area (Å²) < 4.78 is 24.4. The number of carboxylic acids is 1. The van der Waals surface area contributed by atoms with Gasteiger partial charge in [0.2, 0.25) is 0 Å². The molecule has 2 unspecified atom stereocenters. The molecule has 3 aromatic carbocycles. The fourth-order valence-corrected chi connectivity index (χ4v) is 4.81. The Morgan fingerprint density at radius 2 is 1.86 bits per heavy atom. The second-order valence-electron chi connectivity index (χ2n) is 8.10. The molecule has 2 atom stereocenters. The summed E-state index contributed by atoms with van der Waals surface area (Å²) in [5, 5.41) is 9.31. The van der Waals surface area contributed by atoms with Gasteiger partial charge in [-0.15, -0.1) is 0 Å². The quantitative estimate of drug-likeness (QED) is 0.288. The Morgan fingerprint density at radius 3 is 2.60 bits per heavy atom. The molecule has 35 heavy (non-hydrogen) atoms. The highest BCUT2D eigenvalue weighted by Crippen LogP contribution is 2.25. The smallest absolute Gasteiger partial charge is 0.344 e. The molecule has 0 saturated heterocycles. The van der Waals surface area contributed by atoms with Crippen LogP contribution < -0.4 is 9.64 Å². The first-order valence-electron chi connectivity index (χ1n) is 11.6. The minimum atomic E-state index is -1.09. The van der Waals surface area contributed by atoms with Crippen LogP contribution in [0.1, 0.15) is 25.3 Å². The zero-order valence-corrected chi connectivity index (χ0v) is 20.3. The first kappa shape index (κ1) is 24.5. The molecule has 0 bridgehead atoms. The van der Waals surface area contributed by atoms with Gasteiger partial charge in [0.25, 0.3) is 6.01 Å². The summed E-state index contributed by atoms with van der Waals surface area (Å²) in [7, 11) is -1.09. The summed E-state index contributed by atoms with van der Waals surface area (Å²) in [5.41, 5.74) is 2.39. The Kier molecular flexibility index (Phi) is 8.15. The van der Waals surface area contributed by atoms with Crippen LogP contribution in [0.4, 0.5) is 6.01 Å². The maximum Gasteiger partial charge on any atom is 0.344 e. The SMILES string of the molecule is CCC(Oc1cccc(CN(CCCS(=O)c2ccccc2)c2nc3ccccc3o2)c1)C(=O)O. The van der Waals surface area contributed by atoms with E-state index in [0.717, 1.165) is 16.0 Å². The number of aromatic nitrogens is 1. The maximum absolute atomic E-state index is 12.7. The molecule has 0 aliphatic rings. The van der Waals surface area contributed by atoms with Gasteiger partial charge in [-0.25, -0.2) is 4.79 Å². The van der Waals surface area contributed by atoms with Gasteiger partial charge >= 0.3 is 5.97 Å². The van der Waals surface area contributed by atoms with Crippen LogP contribution in [0.2, 0.25) is 0 Å². The lowest BCUT2D eigenvalue weighted by molar-refractivity contribution is -0.145. The number of ether oxygens (including phenoxy) is 1. The first-order chi connectivity index (χ1) is 17.0. The zero-order valence-electron chi connectivity index (χ0n) is 19.5. The van der Waals surface area contributed by atoms with Crippen molar-refractivity contribution < 1.29 is 23.3 Å². The standard InChI is InChI=1S/C27H28N2O5S/c1-2-24(26(30)31)33-21-11-8-10-20(18-21)19-29(27-28-23-14-6-7-15-25(23)34-27)16-9-17-35(32)22-12-4-3-5-13-22/h3-8,10-15,18,24H,2,9,16-17,19H2,1H3,(H,30,31). The molecule has 1 aromatic heterocycles. The number of nitrogens with zero attached hydrogens (tertiary/aromatic N) is 2. The molecule has 0 amide bonds. The topological polar surface area (TPSA) is 92.9 Å². The van der Waals surface area contributed by atoms with Gasteiger partial charge in [-0.3, -0.25) is 4.21 Å². The highest BCUT2D eigenvalue weighted by Gasteiger charge is 2.18. The van der Waals surface area contributed by atoms with E-state index in [9.17, 15) is 14.1 Å². The van der Waals surface area contributed by atoms with Gasteiger partial charge in [-0.1, -0.05) is 49.4 Å². The molecule has 1 heterocycles. The van der Waals surface area contributed by atoms with E-state index in [2.05, 4.69) is 4.98 Å². The highest BCUT2D eigenvalue weighted by molar-refractivity contribution is 7.85. The summed E-state index contributed by atoms with van der Waals surface area (Å²) in [5.74, 6) is 0.0256. The van der Waals surface area contributed by atoms with E-state index in [-0.39, 0.29) is 0 Å². The largest absolute Gasteiger partial charge is 0.479 e. The number of fused-ring (bicyclic) bond motifs is 1. The number of hydrogen-bond donors (Lipinski definition) is 1. The molecule has 8 heteroatoms. The average Bonchev–Trinajstić information content (AvgIpc) is 3.31. The van der Waals surface area contributed by atoms with Crippen molar-refractivity contribution in [2.75, 3.05) is 17.2 Å². The number of para-hydroxylation sites is 2. The van der Waals surface area contributed by atoms with Crippen LogP contribution in [0.5, 0.6) is 5.75 Å². The summed E-state index contributed by atoms with van der Waals surface area (Å²) in [6.45, 7) is 2.84. The lowest BCUT2D eigenvalue weighted by Crippen LogP contribution is -2.26. The molecule has 182 valence electrons. The van der Waals surface area contributed by atoms with E-state index >= 15 is 0 Å². The van der Waals surface area contributed by atoms with Crippen molar-refractivity contribution in [3.05, 3.63) is 84.4 Å². The number of aliphatic carboxylic acids is 1. The Bertz CT molecular complexity index is 1260. The molecule has 0 saturated carbocycles. The zero-order chi connectivity index (χ0) is 24.6. The molecular weight excluding hydrogens is 464 g/mol. The average molecular weight is 493 g/mol. The molecule has 0 spiro atoms. The van der Waals surface area contributed by atoms with Crippen LogP contribution in [-0.4, -0.2) is 38.7 Å². The molecule has 0 aliphatic heterocycles. The number of rotatable bonds is 12. The van der Waals surface area contributed by atoms with E-state index in [1.165, 1.54) is 0 Å². The Hall–Kier alpha value is -3.65. The fourth-order valence-electron chi connectivity index (χ4n) is 3.72. The molecule has 1 N–H and O–H groups in total. The van der Waals surface area contributed by atoms with Gasteiger partial charge in [0.15, 0.2) is 11.7 Å². The van der Waals surface area contributed by atoms with Gasteiger partial charge in [0.1, 0.15) is 11.3 Å². The van der Waals surface area contributed by atoms with E-state index in [0.29, 0.717) is 49.0 Å². The molecule has 0 radical (unpaired) electrons. The van der Waals surface area contributed by atoms with Crippen LogP contribution in [0, 0.1) is 0 Å². The second kappa shape index (κ2) is 11.7. The second-order valence-corrected chi connectivity index (χ2v) is 9.67. The van der Waals surface area contributed by atoms with Crippen molar-refractivity contribution in [3.8, 4) is 5.75 Å². The first-order valence-corrected chi connectivity index (χ1v) is 12.9. The fraction of sp³-hybridized carbons (Fsp3) is 0.259. The van der Waals surface area contributed by atoms with Crippen molar-refractivity contribution in [2.45, 2.75) is 37.3 Å². The lowest BCUT2D eigenvalue weighted by Gasteiger charge is -2.21. The number of benzene rings is 3. The molecule has 4 aromatic rings. The third-order valence-electron chi connectivity index (χ3n) is 5.51. The van der Waals surface area contributed by atoms with Crippen LogP contribution in [0.3, 0.4) is 0 Å². The van der Waals surface area contributed by atoms with Crippen molar-refractivity contribution in [2.24, 2.45) is 0 Å². The summed E-state index contributed by atoms with van der Waals surface area (Å²) in [6.07, 6.45) is 0.145. The van der Waals surface area contributed by atoms with Crippen molar-refractivity contribution in [1.82, 2.24) is 4.98 Å². The molecule has 7 nitrogen and oxygen atoms in total. The third-order valence-corrected chi connectivity index (χ3v) is 6.97. The Morgan fingerprint density at radius 1 is 1.09 bits per heavy atom. The number of carboxylic acid groups (broad SMARTS) is 1. The van der Waals surface area contributed by atoms with Crippen LogP contribution in [-0.2, 0) is 22.1 Å². The maximum atomic E-state index is 12.7. The van der Waals surface area contributed by atoms with E-state index < -0.39 is 22.9 Å². The monoisotopic (exact) mass is 492 g/mol. The van der Waals surface area contributed by atoms with Crippen molar-refractivity contribution in [3.63, 3.8) is 0 Å². The Balaban J connectivity index is 1.51. The van der Waals surface area contributed by atoms with Gasteiger partial charge in [-0.05, 0) is 54.8 Å². The minimum Gasteiger partial charge on any atom is -0.479 e. The van der Waals surface area contributed by atoms with Crippen LogP contribution in [0.25, 0.3) is 11.1 Å². The molecular formula is C27H28N2O5S. The van der Waals surface area contributed by atoms with Gasteiger partial charge in [0, 0.05) is 23.7 Å². The van der Waals surface area contributed by atoms with Crippen molar-refractivity contribution >= 4 is 33.9 Å². The minimum absolute atomic E-state index is 0.368. The Labute approximate surface area is 206 Å². The molecule has 0 aliphatic carbocycles. The summed E-state index contributed by atoms with van der Waals surface area (Å²) >= 11 is 0. The van der Waals surface area contributed by atoms with Crippen LogP contribution >= 0.6 is 0 Å². The number of anilines is 1. The predicted molar refractivity (Wildman–Crippen MR) is 136 cm³/mol. The molecule has 4 rings (SSSR count). The number of oxazole rings is 1. The van der Waals surface area contributed by atoms with Crippen LogP contribution in [0.15, 0.2) is 88.2 Å². The lowest BCUT2D eigenvalue weighted by atomic mass is 10.2. The van der Waals surface area contributed by atoms with Gasteiger partial charge in [0.05, 0.1) is 10.8 Å². The normalized spacial score (nSPS) is 12.8. The number of hydrogen-bond acceptors (Lipinski definition) is 6. The van der Waals surface area contributed by atoms with E-state index in [4.69, 9.17) is 9.15 Å². The van der Waals surface area contributed by atoms with Crippen molar-refractivity contribution in [1.29, 1.82) is 0 Å². The number of carbonyl (C=O) groups is 1. The summed E-state index contributed by atoms with van der Waals surface area (Å²) in [4.78, 5) is 18.8. The molecule has 0 fully saturated rings. The highest BCUT2D eigenvalue weighted by atomic mass is 32.2. The summed E-state index contributed by atoms with van der Waals surface area (Å²) in [6, 6.07) is 24.9.